The number of likely N-dealkylation sites (N-methyl/N-ethyl adjacent to an activating group) is 1. The molecule has 0 aliphatic carbocycles. The van der Waals surface area contributed by atoms with Gasteiger partial charge in [-0.15, -0.1) is 0 Å². The number of nitrogens with zero attached hydrogens (tertiary/aromatic N) is 2. The fourth-order valence-electron chi connectivity index (χ4n) is 4.05. The van der Waals surface area contributed by atoms with Crippen molar-refractivity contribution in [3.05, 3.63) is 35.9 Å². The number of hydrogen-bond acceptors (Lipinski definition) is 3. The Kier molecular flexibility index (Phi) is 6.88. The van der Waals surface area contributed by atoms with Gasteiger partial charge in [0.15, 0.2) is 0 Å². The van der Waals surface area contributed by atoms with Gasteiger partial charge in [0.25, 0.3) is 0 Å². The first kappa shape index (κ1) is 18.4. The van der Waals surface area contributed by atoms with Crippen LogP contribution in [0.25, 0.3) is 0 Å². The maximum absolute atomic E-state index is 13.0. The van der Waals surface area contributed by atoms with Gasteiger partial charge in [0.05, 0.1) is 6.04 Å². The molecule has 2 fully saturated rings. The largest absolute Gasteiger partial charge is 0.381 e. The van der Waals surface area contributed by atoms with Gasteiger partial charge in [-0.3, -0.25) is 9.69 Å². The number of likely N-dealkylation sites (tertiary alicyclic amines) is 1. The molecule has 2 aliphatic heterocycles. The van der Waals surface area contributed by atoms with Gasteiger partial charge in [-0.1, -0.05) is 36.8 Å². The van der Waals surface area contributed by atoms with E-state index in [1.807, 2.05) is 18.0 Å². The highest BCUT2D eigenvalue weighted by atomic mass is 16.5. The van der Waals surface area contributed by atoms with Crippen molar-refractivity contribution in [3.63, 3.8) is 0 Å². The average molecular weight is 344 g/mol. The number of ether oxygens (including phenoxy) is 1. The first-order chi connectivity index (χ1) is 12.2. The Hall–Kier alpha value is -1.39. The summed E-state index contributed by atoms with van der Waals surface area (Å²) in [5.74, 6) is 1.03. The van der Waals surface area contributed by atoms with E-state index < -0.39 is 0 Å². The number of benzene rings is 1. The molecule has 4 nitrogen and oxygen atoms in total. The number of carbonyl (C=O) groups excluding carboxylic acids is 1. The van der Waals surface area contributed by atoms with E-state index in [2.05, 4.69) is 29.2 Å². The normalized spacial score (nSPS) is 22.7. The first-order valence-electron chi connectivity index (χ1n) is 9.85. The maximum atomic E-state index is 13.0. The number of amides is 1. The Balaban J connectivity index is 1.54. The smallest absolute Gasteiger partial charge is 0.239 e. The fourth-order valence-corrected chi connectivity index (χ4v) is 4.05. The minimum absolute atomic E-state index is 0.0497. The number of carbonyl (C=O) groups is 1. The van der Waals surface area contributed by atoms with Crippen molar-refractivity contribution in [2.24, 2.45) is 5.92 Å². The molecule has 2 saturated heterocycles. The van der Waals surface area contributed by atoms with Crippen LogP contribution in [0.3, 0.4) is 0 Å². The van der Waals surface area contributed by atoms with Gasteiger partial charge in [-0.25, -0.2) is 0 Å². The molecule has 0 unspecified atom stereocenters. The Morgan fingerprint density at radius 2 is 1.92 bits per heavy atom. The molecule has 2 aliphatic rings. The highest BCUT2D eigenvalue weighted by Gasteiger charge is 2.30. The van der Waals surface area contributed by atoms with Gasteiger partial charge < -0.3 is 9.64 Å². The van der Waals surface area contributed by atoms with Crippen LogP contribution in [0.1, 0.15) is 44.1 Å². The average Bonchev–Trinajstić information content (AvgIpc) is 2.67. The molecule has 0 spiro atoms. The second-order valence-electron chi connectivity index (χ2n) is 7.57. The summed E-state index contributed by atoms with van der Waals surface area (Å²) in [4.78, 5) is 17.4. The van der Waals surface area contributed by atoms with E-state index >= 15 is 0 Å². The van der Waals surface area contributed by atoms with E-state index in [-0.39, 0.29) is 6.04 Å². The lowest BCUT2D eigenvalue weighted by Gasteiger charge is -2.37. The van der Waals surface area contributed by atoms with Crippen molar-refractivity contribution in [2.45, 2.75) is 51.1 Å². The Labute approximate surface area is 152 Å². The molecule has 0 aromatic heterocycles. The zero-order valence-corrected chi connectivity index (χ0v) is 15.5. The minimum atomic E-state index is 0.0497. The summed E-state index contributed by atoms with van der Waals surface area (Å²) in [7, 11) is 1.98. The molecular weight excluding hydrogens is 312 g/mol. The standard InChI is InChI=1S/C21H32N2O2/c1-22(14-10-18-11-15-25-16-12-18)21(24)20-9-5-6-13-23(20)17-19-7-3-2-4-8-19/h2-4,7-8,18,20H,5-6,9-17H2,1H3/t20-/m0/s1. The van der Waals surface area contributed by atoms with Crippen molar-refractivity contribution in [2.75, 3.05) is 33.4 Å². The zero-order valence-electron chi connectivity index (χ0n) is 15.5. The van der Waals surface area contributed by atoms with Crippen molar-refractivity contribution in [1.82, 2.24) is 9.80 Å². The topological polar surface area (TPSA) is 32.8 Å². The van der Waals surface area contributed by atoms with E-state index in [1.54, 1.807) is 0 Å². The van der Waals surface area contributed by atoms with Gasteiger partial charge >= 0.3 is 0 Å². The SMILES string of the molecule is CN(CCC1CCOCC1)C(=O)[C@@H]1CCCCN1Cc1ccccc1. The molecule has 3 rings (SSSR count). The van der Waals surface area contributed by atoms with Crippen molar-refractivity contribution < 1.29 is 9.53 Å². The zero-order chi connectivity index (χ0) is 17.5. The number of hydrogen-bond donors (Lipinski definition) is 0. The Morgan fingerprint density at radius 3 is 2.68 bits per heavy atom. The van der Waals surface area contributed by atoms with Crippen LogP contribution >= 0.6 is 0 Å². The summed E-state index contributed by atoms with van der Waals surface area (Å²) in [6.45, 7) is 4.55. The second-order valence-corrected chi connectivity index (χ2v) is 7.57. The lowest BCUT2D eigenvalue weighted by atomic mass is 9.96. The molecule has 1 atom stereocenters. The maximum Gasteiger partial charge on any atom is 0.239 e. The molecule has 0 N–H and O–H groups in total. The third-order valence-electron chi connectivity index (χ3n) is 5.72. The van der Waals surface area contributed by atoms with Crippen LogP contribution in [0.5, 0.6) is 0 Å². The minimum Gasteiger partial charge on any atom is -0.381 e. The van der Waals surface area contributed by atoms with Crippen LogP contribution in [-0.2, 0) is 16.1 Å². The van der Waals surface area contributed by atoms with Crippen LogP contribution in [0, 0.1) is 5.92 Å². The fraction of sp³-hybridized carbons (Fsp3) is 0.667. The Bertz CT molecular complexity index is 528. The first-order valence-corrected chi connectivity index (χ1v) is 9.85. The monoisotopic (exact) mass is 344 g/mol. The highest BCUT2D eigenvalue weighted by Crippen LogP contribution is 2.23. The predicted molar refractivity (Wildman–Crippen MR) is 100 cm³/mol. The summed E-state index contributed by atoms with van der Waals surface area (Å²) in [5, 5.41) is 0. The molecule has 1 aromatic carbocycles. The van der Waals surface area contributed by atoms with Gasteiger partial charge in [0.1, 0.15) is 0 Å². The van der Waals surface area contributed by atoms with Crippen molar-refractivity contribution in [3.8, 4) is 0 Å². The summed E-state index contributed by atoms with van der Waals surface area (Å²) in [6.07, 6.45) is 6.75. The van der Waals surface area contributed by atoms with E-state index in [4.69, 9.17) is 4.74 Å². The van der Waals surface area contributed by atoms with Crippen LogP contribution in [0.15, 0.2) is 30.3 Å². The Morgan fingerprint density at radius 1 is 1.16 bits per heavy atom. The number of piperidine rings is 1. The van der Waals surface area contributed by atoms with Gasteiger partial charge in [-0.05, 0) is 50.1 Å². The molecule has 0 saturated carbocycles. The molecule has 2 heterocycles. The molecule has 138 valence electrons. The molecule has 0 bridgehead atoms. The van der Waals surface area contributed by atoms with Gasteiger partial charge in [-0.2, -0.15) is 0 Å². The lowest BCUT2D eigenvalue weighted by molar-refractivity contribution is -0.137. The molecule has 1 aromatic rings. The van der Waals surface area contributed by atoms with Crippen LogP contribution in [-0.4, -0.2) is 55.1 Å². The quantitative estimate of drug-likeness (QED) is 0.794. The predicted octanol–water partition coefficient (Wildman–Crippen LogP) is 3.32. The van der Waals surface area contributed by atoms with Crippen molar-refractivity contribution in [1.29, 1.82) is 0 Å². The second kappa shape index (κ2) is 9.35. The van der Waals surface area contributed by atoms with E-state index in [9.17, 15) is 4.79 Å². The van der Waals surface area contributed by atoms with Crippen LogP contribution in [0.4, 0.5) is 0 Å². The van der Waals surface area contributed by atoms with Gasteiger partial charge in [0, 0.05) is 33.4 Å². The van der Waals surface area contributed by atoms with Crippen molar-refractivity contribution >= 4 is 5.91 Å². The summed E-state index contributed by atoms with van der Waals surface area (Å²) in [6, 6.07) is 10.6. The molecule has 4 heteroatoms. The summed E-state index contributed by atoms with van der Waals surface area (Å²) < 4.78 is 5.43. The van der Waals surface area contributed by atoms with E-state index in [0.29, 0.717) is 5.91 Å². The highest BCUT2D eigenvalue weighted by molar-refractivity contribution is 5.81. The third-order valence-corrected chi connectivity index (χ3v) is 5.72. The van der Waals surface area contributed by atoms with Crippen LogP contribution < -0.4 is 0 Å². The molecule has 25 heavy (non-hydrogen) atoms. The van der Waals surface area contributed by atoms with E-state index in [0.717, 1.165) is 70.9 Å². The molecule has 1 amide bonds. The van der Waals surface area contributed by atoms with Crippen LogP contribution in [0.2, 0.25) is 0 Å². The third kappa shape index (κ3) is 5.29. The number of rotatable bonds is 6. The summed E-state index contributed by atoms with van der Waals surface area (Å²) >= 11 is 0. The summed E-state index contributed by atoms with van der Waals surface area (Å²) in [5.41, 5.74) is 1.30. The van der Waals surface area contributed by atoms with E-state index in [1.165, 1.54) is 12.0 Å². The lowest BCUT2D eigenvalue weighted by Crippen LogP contribution is -2.49. The molecular formula is C21H32N2O2. The van der Waals surface area contributed by atoms with Gasteiger partial charge in [0.2, 0.25) is 5.91 Å². The molecule has 0 radical (unpaired) electrons.